The van der Waals surface area contributed by atoms with Gasteiger partial charge < -0.3 is 24.8 Å². The summed E-state index contributed by atoms with van der Waals surface area (Å²) < 4.78 is 59.2. The van der Waals surface area contributed by atoms with Gasteiger partial charge in [0.25, 0.3) is 0 Å². The minimum Gasteiger partial charge on any atom is -1.00 e. The van der Waals surface area contributed by atoms with E-state index in [4.69, 9.17) is 5.26 Å². The molecule has 4 aromatic heterocycles. The van der Waals surface area contributed by atoms with Crippen LogP contribution in [-0.4, -0.2) is 19.9 Å². The molecular formula is C30H27Cl2CoF6N5P. The summed E-state index contributed by atoms with van der Waals surface area (Å²) in [6.07, 6.45) is 7.30. The average molecular weight is 732 g/mol. The molecule has 2 aromatic carbocycles. The zero-order chi connectivity index (χ0) is 31.4. The molecule has 5 nitrogen and oxygen atoms in total. The monoisotopic (exact) mass is 731 g/mol. The van der Waals surface area contributed by atoms with E-state index in [-0.39, 0.29) is 41.6 Å². The Morgan fingerprint density at radius 2 is 0.667 bits per heavy atom. The molecule has 0 atom stereocenters. The van der Waals surface area contributed by atoms with Crippen LogP contribution in [0.3, 0.4) is 0 Å². The van der Waals surface area contributed by atoms with E-state index >= 15 is 0 Å². The molecule has 0 N–H and O–H groups in total. The van der Waals surface area contributed by atoms with Gasteiger partial charge in [0.2, 0.25) is 0 Å². The first-order valence-corrected chi connectivity index (χ1v) is 14.5. The summed E-state index contributed by atoms with van der Waals surface area (Å²) in [6, 6.07) is 18.1. The fraction of sp³-hybridized carbons (Fsp3) is 0.167. The van der Waals surface area contributed by atoms with Gasteiger partial charge in [0.1, 0.15) is 0 Å². The summed E-state index contributed by atoms with van der Waals surface area (Å²) in [5.74, 6) is 0. The van der Waals surface area contributed by atoms with Crippen molar-refractivity contribution in [1.29, 1.82) is 5.26 Å². The van der Waals surface area contributed by atoms with Crippen LogP contribution in [0.4, 0.5) is 25.2 Å². The van der Waals surface area contributed by atoms with Crippen LogP contribution < -0.4 is 24.8 Å². The maximum atomic E-state index is 9.87. The average Bonchev–Trinajstić information content (AvgIpc) is 2.94. The van der Waals surface area contributed by atoms with Gasteiger partial charge in [0.15, 0.2) is 0 Å². The van der Waals surface area contributed by atoms with Crippen LogP contribution in [0.2, 0.25) is 0 Å². The van der Waals surface area contributed by atoms with Crippen LogP contribution in [0, 0.1) is 39.0 Å². The smallest absolute Gasteiger partial charge is 1.00 e. The second-order valence-electron chi connectivity index (χ2n) is 9.28. The summed E-state index contributed by atoms with van der Waals surface area (Å²) in [5, 5.41) is 12.1. The predicted molar refractivity (Wildman–Crippen MR) is 158 cm³/mol. The predicted octanol–water partition coefficient (Wildman–Crippen LogP) is 4.72. The SMILES string of the molecule is CC#N.Cc1c(C)c2cccnc2c2ncccc12.Cc1c(C)c2cccnc2c2ncccc12.F[P-](F)(F)(F)(F)F.[Cl-].[Cl-].[Co+3]. The first kappa shape index (κ1) is 41.7. The molecule has 0 bridgehead atoms. The number of halogens is 8. The van der Waals surface area contributed by atoms with E-state index in [1.165, 1.54) is 50.7 Å². The molecule has 0 radical (unpaired) electrons. The van der Waals surface area contributed by atoms with Crippen molar-refractivity contribution in [1.82, 2.24) is 19.9 Å². The molecule has 6 rings (SSSR count). The van der Waals surface area contributed by atoms with Gasteiger partial charge in [-0.3, -0.25) is 19.9 Å². The Balaban J connectivity index is 0.000000637. The number of aryl methyl sites for hydroxylation is 4. The third-order valence-corrected chi connectivity index (χ3v) is 6.42. The van der Waals surface area contributed by atoms with E-state index in [1.54, 1.807) is 6.07 Å². The van der Waals surface area contributed by atoms with Crippen molar-refractivity contribution in [3.05, 3.63) is 95.6 Å². The summed E-state index contributed by atoms with van der Waals surface area (Å²) in [4.78, 5) is 17.8. The van der Waals surface area contributed by atoms with Gasteiger partial charge in [0, 0.05) is 53.3 Å². The van der Waals surface area contributed by atoms with E-state index in [0.29, 0.717) is 0 Å². The molecule has 0 aliphatic carbocycles. The van der Waals surface area contributed by atoms with Gasteiger partial charge in [-0.05, 0) is 74.2 Å². The molecule has 0 amide bonds. The van der Waals surface area contributed by atoms with Crippen molar-refractivity contribution in [2.24, 2.45) is 0 Å². The van der Waals surface area contributed by atoms with Crippen molar-refractivity contribution in [3.63, 3.8) is 0 Å². The minimum absolute atomic E-state index is 0. The van der Waals surface area contributed by atoms with Gasteiger partial charge >= 0.3 is 49.8 Å². The van der Waals surface area contributed by atoms with Gasteiger partial charge in [0.05, 0.1) is 28.1 Å². The number of aromatic nitrogens is 4. The molecule has 15 heteroatoms. The normalized spacial score (nSPS) is 11.7. The Morgan fingerprint density at radius 3 is 0.822 bits per heavy atom. The molecule has 0 fully saturated rings. The maximum absolute atomic E-state index is 10.7. The number of rotatable bonds is 0. The minimum atomic E-state index is -10.7. The largest absolute Gasteiger partial charge is 3.00 e. The second kappa shape index (κ2) is 15.3. The van der Waals surface area contributed by atoms with Crippen LogP contribution >= 0.6 is 7.81 Å². The van der Waals surface area contributed by atoms with E-state index in [0.717, 1.165) is 22.1 Å². The Hall–Kier alpha value is -3.33. The van der Waals surface area contributed by atoms with E-state index in [1.807, 2.05) is 49.1 Å². The molecule has 242 valence electrons. The Bertz CT molecular complexity index is 1720. The summed E-state index contributed by atoms with van der Waals surface area (Å²) in [5.41, 5.74) is 9.18. The molecule has 0 saturated heterocycles. The van der Waals surface area contributed by atoms with Gasteiger partial charge in [-0.25, -0.2) is 0 Å². The fourth-order valence-corrected chi connectivity index (χ4v) is 4.39. The van der Waals surface area contributed by atoms with Gasteiger partial charge in [-0.15, -0.1) is 0 Å². The number of fused-ring (bicyclic) bond motifs is 6. The van der Waals surface area contributed by atoms with Crippen LogP contribution in [0.1, 0.15) is 29.2 Å². The number of hydrogen-bond acceptors (Lipinski definition) is 5. The third kappa shape index (κ3) is 11.5. The van der Waals surface area contributed by atoms with E-state index < -0.39 is 7.81 Å². The first-order valence-electron chi connectivity index (χ1n) is 12.5. The molecule has 0 unspecified atom stereocenters. The first-order chi connectivity index (χ1) is 19.4. The number of hydrogen-bond donors (Lipinski definition) is 0. The zero-order valence-corrected chi connectivity index (χ0v) is 27.9. The van der Waals surface area contributed by atoms with Gasteiger partial charge in [-0.1, -0.05) is 24.3 Å². The molecule has 0 aliphatic heterocycles. The molecule has 45 heavy (non-hydrogen) atoms. The van der Waals surface area contributed by atoms with Crippen molar-refractivity contribution in [2.75, 3.05) is 0 Å². The van der Waals surface area contributed by atoms with E-state index in [2.05, 4.69) is 71.9 Å². The summed E-state index contributed by atoms with van der Waals surface area (Å²) >= 11 is 0. The fourth-order valence-electron chi connectivity index (χ4n) is 4.39. The molecule has 0 spiro atoms. The van der Waals surface area contributed by atoms with Crippen molar-refractivity contribution >= 4 is 51.4 Å². The summed E-state index contributed by atoms with van der Waals surface area (Å²) in [6.45, 7) is 10.0. The Kier molecular flexibility index (Phi) is 14.2. The number of pyridine rings is 4. The van der Waals surface area contributed by atoms with Crippen LogP contribution in [-0.2, 0) is 16.8 Å². The third-order valence-electron chi connectivity index (χ3n) is 6.42. The Morgan fingerprint density at radius 1 is 0.511 bits per heavy atom. The standard InChI is InChI=1S/2C14H12N2.C2H3N.2ClH.Co.F6P/c2*1-9-10(2)12-6-4-8-16-14(12)13-11(9)5-3-7-15-13;1-2-3;;;;1-7(2,3,4,5)6/h2*3-8H,1-2H3;1H3;2*1H;;/q;;;;;+3;-1/p-2. The second-order valence-corrected chi connectivity index (χ2v) is 11.2. The van der Waals surface area contributed by atoms with E-state index in [9.17, 15) is 25.2 Å². The summed E-state index contributed by atoms with van der Waals surface area (Å²) in [7, 11) is -10.7. The van der Waals surface area contributed by atoms with Crippen LogP contribution in [0.25, 0.3) is 43.6 Å². The topological polar surface area (TPSA) is 75.3 Å². The number of nitrogens with zero attached hydrogens (tertiary/aromatic N) is 5. The van der Waals surface area contributed by atoms with Crippen LogP contribution in [0.15, 0.2) is 73.3 Å². The molecule has 4 heterocycles. The van der Waals surface area contributed by atoms with Gasteiger partial charge in [-0.2, -0.15) is 5.26 Å². The number of nitriles is 1. The zero-order valence-electron chi connectivity index (χ0n) is 24.5. The molecule has 0 aliphatic rings. The Labute approximate surface area is 278 Å². The quantitative estimate of drug-likeness (QED) is 0.129. The van der Waals surface area contributed by atoms with Crippen LogP contribution in [0.5, 0.6) is 0 Å². The van der Waals surface area contributed by atoms with Crippen molar-refractivity contribution in [3.8, 4) is 6.07 Å². The van der Waals surface area contributed by atoms with Crippen molar-refractivity contribution < 1.29 is 66.8 Å². The molecule has 6 aromatic rings. The van der Waals surface area contributed by atoms with Crippen molar-refractivity contribution in [2.45, 2.75) is 34.6 Å². The molecular weight excluding hydrogens is 705 g/mol. The maximum Gasteiger partial charge on any atom is 3.00 e. The molecule has 0 saturated carbocycles. The number of benzene rings is 2.